The fraction of sp³-hybridized carbons (Fsp3) is 0.818. The van der Waals surface area contributed by atoms with Crippen LogP contribution >= 0.6 is 0 Å². The van der Waals surface area contributed by atoms with Crippen molar-refractivity contribution in [2.24, 2.45) is 17.8 Å². The Morgan fingerprint density at radius 2 is 2.00 bits per heavy atom. The number of rotatable bonds is 3. The van der Waals surface area contributed by atoms with Gasteiger partial charge < -0.3 is 9.84 Å². The van der Waals surface area contributed by atoms with Gasteiger partial charge >= 0.3 is 11.9 Å². The molecule has 1 rings (SSSR count). The number of hydrogen-bond donors (Lipinski definition) is 1. The van der Waals surface area contributed by atoms with Crippen LogP contribution in [-0.4, -0.2) is 22.6 Å². The molecule has 0 saturated carbocycles. The van der Waals surface area contributed by atoms with Crippen molar-refractivity contribution in [3.8, 4) is 0 Å². The largest absolute Gasteiger partial charge is 0.478 e. The number of aliphatic carboxylic acids is 1. The van der Waals surface area contributed by atoms with Gasteiger partial charge in [-0.2, -0.15) is 0 Å². The highest BCUT2D eigenvalue weighted by Gasteiger charge is 2.55. The van der Waals surface area contributed by atoms with Crippen LogP contribution in [0.25, 0.3) is 0 Å². The zero-order valence-electron chi connectivity index (χ0n) is 9.61. The van der Waals surface area contributed by atoms with Gasteiger partial charge in [-0.3, -0.25) is 4.79 Å². The fourth-order valence-electron chi connectivity index (χ4n) is 1.95. The number of carbonyl (C=O) groups is 2. The van der Waals surface area contributed by atoms with E-state index in [-0.39, 0.29) is 30.1 Å². The van der Waals surface area contributed by atoms with Crippen LogP contribution < -0.4 is 0 Å². The van der Waals surface area contributed by atoms with Crippen molar-refractivity contribution in [3.63, 3.8) is 0 Å². The molecular weight excluding hydrogens is 196 g/mol. The van der Waals surface area contributed by atoms with Gasteiger partial charge in [0.05, 0.1) is 5.92 Å². The van der Waals surface area contributed by atoms with Gasteiger partial charge in [-0.25, -0.2) is 4.79 Å². The molecule has 0 amide bonds. The van der Waals surface area contributed by atoms with Crippen LogP contribution in [0.3, 0.4) is 0 Å². The van der Waals surface area contributed by atoms with Gasteiger partial charge in [-0.05, 0) is 5.92 Å². The monoisotopic (exact) mass is 214 g/mol. The van der Waals surface area contributed by atoms with Crippen LogP contribution in [0, 0.1) is 17.8 Å². The first-order valence-electron chi connectivity index (χ1n) is 5.27. The minimum absolute atomic E-state index is 0.123. The summed E-state index contributed by atoms with van der Waals surface area (Å²) in [5, 5.41) is 9.17. The van der Waals surface area contributed by atoms with E-state index < -0.39 is 11.6 Å². The maximum Gasteiger partial charge on any atom is 0.348 e. The molecule has 15 heavy (non-hydrogen) atoms. The van der Waals surface area contributed by atoms with E-state index in [9.17, 15) is 14.7 Å². The number of ether oxygens (including phenoxy) is 1. The zero-order chi connectivity index (χ0) is 11.8. The predicted octanol–water partition coefficient (Wildman–Crippen LogP) is 1.68. The zero-order valence-corrected chi connectivity index (χ0v) is 9.61. The highest BCUT2D eigenvalue weighted by molar-refractivity contribution is 5.87. The lowest BCUT2D eigenvalue weighted by Crippen LogP contribution is -2.43. The van der Waals surface area contributed by atoms with Crippen molar-refractivity contribution < 1.29 is 19.4 Å². The molecule has 0 aromatic carbocycles. The molecule has 0 spiro atoms. The van der Waals surface area contributed by atoms with E-state index in [2.05, 4.69) is 0 Å². The van der Waals surface area contributed by atoms with Gasteiger partial charge in [0.25, 0.3) is 0 Å². The third-order valence-corrected chi connectivity index (χ3v) is 3.21. The van der Waals surface area contributed by atoms with E-state index in [1.807, 2.05) is 13.8 Å². The minimum Gasteiger partial charge on any atom is -0.478 e. The molecule has 0 aliphatic carbocycles. The molecule has 1 heterocycles. The molecule has 0 radical (unpaired) electrons. The van der Waals surface area contributed by atoms with E-state index in [0.717, 1.165) is 0 Å². The number of hydrogen-bond acceptors (Lipinski definition) is 3. The molecule has 1 saturated heterocycles. The molecule has 4 heteroatoms. The number of carbonyl (C=O) groups excluding carboxylic acids is 1. The number of carboxylic acids is 1. The van der Waals surface area contributed by atoms with Gasteiger partial charge in [-0.15, -0.1) is 0 Å². The molecule has 4 nitrogen and oxygen atoms in total. The van der Waals surface area contributed by atoms with Crippen LogP contribution in [0.1, 0.15) is 34.1 Å². The Morgan fingerprint density at radius 1 is 1.47 bits per heavy atom. The molecule has 2 unspecified atom stereocenters. The molecule has 2 atom stereocenters. The Balaban J connectivity index is 2.98. The molecule has 1 aliphatic heterocycles. The summed E-state index contributed by atoms with van der Waals surface area (Å²) < 4.78 is 5.11. The summed E-state index contributed by atoms with van der Waals surface area (Å²) in [7, 11) is 0. The molecule has 0 aromatic heterocycles. The predicted molar refractivity (Wildman–Crippen MR) is 54.2 cm³/mol. The average Bonchev–Trinajstić information content (AvgIpc) is 2.44. The Bertz CT molecular complexity index is 282. The molecule has 1 N–H and O–H groups in total. The Labute approximate surface area is 89.6 Å². The van der Waals surface area contributed by atoms with Crippen LogP contribution in [0.4, 0.5) is 0 Å². The van der Waals surface area contributed by atoms with Gasteiger partial charge in [0.2, 0.25) is 5.60 Å². The lowest BCUT2D eigenvalue weighted by Gasteiger charge is -2.26. The smallest absolute Gasteiger partial charge is 0.348 e. The second-order valence-electron chi connectivity index (χ2n) is 4.83. The summed E-state index contributed by atoms with van der Waals surface area (Å²) in [4.78, 5) is 22.8. The molecule has 86 valence electrons. The first kappa shape index (κ1) is 12.0. The van der Waals surface area contributed by atoms with E-state index in [4.69, 9.17) is 4.74 Å². The number of cyclic esters (lactones) is 1. The van der Waals surface area contributed by atoms with E-state index in [0.29, 0.717) is 0 Å². The summed E-state index contributed by atoms with van der Waals surface area (Å²) >= 11 is 0. The average molecular weight is 214 g/mol. The van der Waals surface area contributed by atoms with Gasteiger partial charge in [0.1, 0.15) is 0 Å². The molecule has 1 aliphatic rings. The van der Waals surface area contributed by atoms with Crippen molar-refractivity contribution in [2.75, 3.05) is 0 Å². The summed E-state index contributed by atoms with van der Waals surface area (Å²) in [5.41, 5.74) is -1.31. The molecule has 0 aromatic rings. The summed E-state index contributed by atoms with van der Waals surface area (Å²) in [6.07, 6.45) is 0.288. The number of carboxylic acid groups (broad SMARTS) is 1. The normalized spacial score (nSPS) is 31.1. The Hall–Kier alpha value is -1.06. The fourth-order valence-corrected chi connectivity index (χ4v) is 1.95. The van der Waals surface area contributed by atoms with Gasteiger partial charge in [0, 0.05) is 12.3 Å². The standard InChI is InChI=1S/C11H18O4/c1-6(2)8-5-11(7(3)4,10(13)14)15-9(8)12/h6-8H,5H2,1-4H3,(H,13,14). The van der Waals surface area contributed by atoms with E-state index in [1.54, 1.807) is 13.8 Å². The lowest BCUT2D eigenvalue weighted by atomic mass is 9.81. The SMILES string of the molecule is CC(C)C1CC(C(=O)O)(C(C)C)OC1=O. The highest BCUT2D eigenvalue weighted by atomic mass is 16.6. The van der Waals surface area contributed by atoms with Gasteiger partial charge in [-0.1, -0.05) is 27.7 Å². The number of esters is 1. The summed E-state index contributed by atoms with van der Waals surface area (Å²) in [6, 6.07) is 0. The maximum absolute atomic E-state index is 11.6. The Kier molecular flexibility index (Phi) is 3.07. The second kappa shape index (κ2) is 3.83. The molecular formula is C11H18O4. The van der Waals surface area contributed by atoms with E-state index >= 15 is 0 Å². The van der Waals surface area contributed by atoms with Gasteiger partial charge in [0.15, 0.2) is 0 Å². The van der Waals surface area contributed by atoms with Crippen LogP contribution in [0.2, 0.25) is 0 Å². The highest BCUT2D eigenvalue weighted by Crippen LogP contribution is 2.40. The minimum atomic E-state index is -1.31. The summed E-state index contributed by atoms with van der Waals surface area (Å²) in [5.74, 6) is -1.78. The molecule has 0 bridgehead atoms. The van der Waals surface area contributed by atoms with Crippen molar-refractivity contribution >= 4 is 11.9 Å². The van der Waals surface area contributed by atoms with Crippen molar-refractivity contribution in [3.05, 3.63) is 0 Å². The third-order valence-electron chi connectivity index (χ3n) is 3.21. The van der Waals surface area contributed by atoms with Crippen molar-refractivity contribution in [2.45, 2.75) is 39.7 Å². The Morgan fingerprint density at radius 3 is 2.20 bits per heavy atom. The van der Waals surface area contributed by atoms with Crippen LogP contribution in [0.15, 0.2) is 0 Å². The van der Waals surface area contributed by atoms with Crippen LogP contribution in [-0.2, 0) is 14.3 Å². The van der Waals surface area contributed by atoms with Crippen LogP contribution in [0.5, 0.6) is 0 Å². The maximum atomic E-state index is 11.6. The first-order chi connectivity index (χ1) is 6.81. The first-order valence-corrected chi connectivity index (χ1v) is 5.27. The lowest BCUT2D eigenvalue weighted by molar-refractivity contribution is -0.174. The second-order valence-corrected chi connectivity index (χ2v) is 4.83. The van der Waals surface area contributed by atoms with E-state index in [1.165, 1.54) is 0 Å². The third kappa shape index (κ3) is 1.85. The topological polar surface area (TPSA) is 63.6 Å². The van der Waals surface area contributed by atoms with Crippen molar-refractivity contribution in [1.29, 1.82) is 0 Å². The molecule has 1 fully saturated rings. The quantitative estimate of drug-likeness (QED) is 0.726. The summed E-state index contributed by atoms with van der Waals surface area (Å²) in [6.45, 7) is 7.35. The van der Waals surface area contributed by atoms with Crippen molar-refractivity contribution in [1.82, 2.24) is 0 Å².